The van der Waals surface area contributed by atoms with Crippen molar-refractivity contribution in [1.29, 1.82) is 0 Å². The first kappa shape index (κ1) is 13.6. The number of para-hydroxylation sites is 1. The van der Waals surface area contributed by atoms with E-state index in [2.05, 4.69) is 11.9 Å². The first-order valence-electron chi connectivity index (χ1n) is 7.14. The van der Waals surface area contributed by atoms with Gasteiger partial charge in [-0.25, -0.2) is 4.98 Å². The lowest BCUT2D eigenvalue weighted by molar-refractivity contribution is 0.128. The van der Waals surface area contributed by atoms with E-state index >= 15 is 0 Å². The zero-order valence-electron chi connectivity index (χ0n) is 11.9. The van der Waals surface area contributed by atoms with Gasteiger partial charge in [0.05, 0.1) is 16.3 Å². The Bertz CT molecular complexity index is 701. The Labute approximate surface area is 123 Å². The van der Waals surface area contributed by atoms with E-state index in [-0.39, 0.29) is 16.4 Å². The van der Waals surface area contributed by atoms with Crippen molar-refractivity contribution in [3.8, 4) is 0 Å². The molecule has 0 spiro atoms. The Balaban J connectivity index is 2.19. The normalized spacial score (nSPS) is 18.8. The van der Waals surface area contributed by atoms with Gasteiger partial charge in [0, 0.05) is 6.54 Å². The van der Waals surface area contributed by atoms with Gasteiger partial charge < -0.3 is 0 Å². The van der Waals surface area contributed by atoms with E-state index in [0.717, 1.165) is 12.1 Å². The van der Waals surface area contributed by atoms with Crippen LogP contribution in [0.2, 0.25) is 0 Å². The van der Waals surface area contributed by atoms with Gasteiger partial charge in [-0.1, -0.05) is 25.5 Å². The molecule has 3 nitrogen and oxygen atoms in total. The maximum Gasteiger partial charge on any atom is 0.261 e. The number of hydrogen-bond acceptors (Lipinski definition) is 2. The van der Waals surface area contributed by atoms with Gasteiger partial charge in [-0.3, -0.25) is 9.36 Å². The fraction of sp³-hybridized carbons (Fsp3) is 0.500. The van der Waals surface area contributed by atoms with Gasteiger partial charge in [0.15, 0.2) is 0 Å². The van der Waals surface area contributed by atoms with Crippen LogP contribution in [0.3, 0.4) is 0 Å². The lowest BCUT2D eigenvalue weighted by Crippen LogP contribution is -2.37. The van der Waals surface area contributed by atoms with Crippen molar-refractivity contribution >= 4 is 22.5 Å². The largest absolute Gasteiger partial charge is 0.294 e. The fourth-order valence-corrected chi connectivity index (χ4v) is 3.13. The number of benzene rings is 1. The van der Waals surface area contributed by atoms with Crippen LogP contribution in [0.25, 0.3) is 10.9 Å². The lowest BCUT2D eigenvalue weighted by atomic mass is 9.70. The molecular weight excluding hydrogens is 272 g/mol. The third kappa shape index (κ3) is 2.24. The molecular formula is C16H19ClN2O. The molecule has 4 heteroatoms. The Hall–Kier alpha value is -1.35. The SMILES string of the molecule is CC(Cl)c1nc2ccccc2c(=O)n1CC1(C)CCC1. The molecule has 3 rings (SSSR count). The molecule has 0 radical (unpaired) electrons. The van der Waals surface area contributed by atoms with Crippen LogP contribution in [0.4, 0.5) is 0 Å². The summed E-state index contributed by atoms with van der Waals surface area (Å²) in [5, 5.41) is 0.410. The standard InChI is InChI=1S/C16H19ClN2O/c1-11(17)14-18-13-7-4-3-6-12(13)15(20)19(14)10-16(2)8-5-9-16/h3-4,6-7,11H,5,8-10H2,1-2H3. The van der Waals surface area contributed by atoms with Crippen molar-refractivity contribution < 1.29 is 0 Å². The van der Waals surface area contributed by atoms with E-state index in [1.165, 1.54) is 19.3 Å². The maximum absolute atomic E-state index is 12.7. The second-order valence-electron chi connectivity index (χ2n) is 6.16. The molecule has 1 aliphatic carbocycles. The summed E-state index contributed by atoms with van der Waals surface area (Å²) >= 11 is 6.25. The van der Waals surface area contributed by atoms with Crippen molar-refractivity contribution in [2.24, 2.45) is 5.41 Å². The number of nitrogens with zero attached hydrogens (tertiary/aromatic N) is 2. The molecule has 0 aliphatic heterocycles. The summed E-state index contributed by atoms with van der Waals surface area (Å²) in [6.07, 6.45) is 3.59. The van der Waals surface area contributed by atoms with Crippen LogP contribution in [0.5, 0.6) is 0 Å². The number of rotatable bonds is 3. The van der Waals surface area contributed by atoms with Gasteiger partial charge in [-0.05, 0) is 37.3 Å². The molecule has 2 aromatic rings. The van der Waals surface area contributed by atoms with Gasteiger partial charge in [-0.15, -0.1) is 11.6 Å². The molecule has 1 aromatic carbocycles. The lowest BCUT2D eigenvalue weighted by Gasteiger charge is -2.39. The topological polar surface area (TPSA) is 34.9 Å². The molecule has 0 amide bonds. The molecule has 1 saturated carbocycles. The van der Waals surface area contributed by atoms with E-state index in [1.54, 1.807) is 4.57 Å². The zero-order valence-corrected chi connectivity index (χ0v) is 12.7. The zero-order chi connectivity index (χ0) is 14.3. The Kier molecular flexibility index (Phi) is 3.33. The van der Waals surface area contributed by atoms with Gasteiger partial charge >= 0.3 is 0 Å². The van der Waals surface area contributed by atoms with Crippen LogP contribution in [0.15, 0.2) is 29.1 Å². The van der Waals surface area contributed by atoms with Crippen molar-refractivity contribution in [2.75, 3.05) is 0 Å². The maximum atomic E-state index is 12.7. The number of fused-ring (bicyclic) bond motifs is 1. The van der Waals surface area contributed by atoms with Crippen molar-refractivity contribution in [3.05, 3.63) is 40.4 Å². The summed E-state index contributed by atoms with van der Waals surface area (Å²) in [6.45, 7) is 4.83. The van der Waals surface area contributed by atoms with Crippen LogP contribution >= 0.6 is 11.6 Å². The van der Waals surface area contributed by atoms with Crippen LogP contribution in [0, 0.1) is 5.41 Å². The monoisotopic (exact) mass is 290 g/mol. The molecule has 1 heterocycles. The quantitative estimate of drug-likeness (QED) is 0.804. The van der Waals surface area contributed by atoms with E-state index in [9.17, 15) is 4.79 Å². The number of alkyl halides is 1. The summed E-state index contributed by atoms with van der Waals surface area (Å²) < 4.78 is 1.79. The highest BCUT2D eigenvalue weighted by Crippen LogP contribution is 2.41. The predicted octanol–water partition coefficient (Wildman–Crippen LogP) is 3.89. The second kappa shape index (κ2) is 4.88. The highest BCUT2D eigenvalue weighted by Gasteiger charge is 2.33. The minimum absolute atomic E-state index is 0.0335. The molecule has 0 N–H and O–H groups in total. The van der Waals surface area contributed by atoms with Crippen molar-refractivity contribution in [3.63, 3.8) is 0 Å². The second-order valence-corrected chi connectivity index (χ2v) is 6.81. The number of aromatic nitrogens is 2. The van der Waals surface area contributed by atoms with Crippen LogP contribution in [-0.2, 0) is 6.54 Å². The van der Waals surface area contributed by atoms with Crippen molar-refractivity contribution in [1.82, 2.24) is 9.55 Å². The van der Waals surface area contributed by atoms with Gasteiger partial charge in [0.1, 0.15) is 5.82 Å². The number of hydrogen-bond donors (Lipinski definition) is 0. The summed E-state index contributed by atoms with van der Waals surface area (Å²) in [5.41, 5.74) is 0.982. The summed E-state index contributed by atoms with van der Waals surface area (Å²) in [7, 11) is 0. The Morgan fingerprint density at radius 2 is 2.10 bits per heavy atom. The minimum Gasteiger partial charge on any atom is -0.294 e. The summed E-state index contributed by atoms with van der Waals surface area (Å²) in [4.78, 5) is 17.3. The highest BCUT2D eigenvalue weighted by atomic mass is 35.5. The molecule has 1 aliphatic rings. The van der Waals surface area contributed by atoms with Crippen LogP contribution in [-0.4, -0.2) is 9.55 Å². The fourth-order valence-electron chi connectivity index (χ4n) is 2.96. The molecule has 0 bridgehead atoms. The van der Waals surface area contributed by atoms with E-state index < -0.39 is 0 Å². The average molecular weight is 291 g/mol. The van der Waals surface area contributed by atoms with Crippen molar-refractivity contribution in [2.45, 2.75) is 45.0 Å². The predicted molar refractivity (Wildman–Crippen MR) is 82.2 cm³/mol. The van der Waals surface area contributed by atoms with Gasteiger partial charge in [-0.2, -0.15) is 0 Å². The molecule has 1 fully saturated rings. The third-order valence-corrected chi connectivity index (χ3v) is 4.54. The smallest absolute Gasteiger partial charge is 0.261 e. The minimum atomic E-state index is -0.268. The third-order valence-electron chi connectivity index (χ3n) is 4.35. The molecule has 20 heavy (non-hydrogen) atoms. The molecule has 106 valence electrons. The highest BCUT2D eigenvalue weighted by molar-refractivity contribution is 6.20. The van der Waals surface area contributed by atoms with Crippen LogP contribution < -0.4 is 5.56 Å². The molecule has 0 saturated heterocycles. The van der Waals surface area contributed by atoms with E-state index in [4.69, 9.17) is 11.6 Å². The average Bonchev–Trinajstić information content (AvgIpc) is 2.39. The van der Waals surface area contributed by atoms with E-state index in [0.29, 0.717) is 11.2 Å². The first-order chi connectivity index (χ1) is 9.50. The molecule has 1 unspecified atom stereocenters. The van der Waals surface area contributed by atoms with Crippen LogP contribution in [0.1, 0.15) is 44.3 Å². The Morgan fingerprint density at radius 1 is 1.40 bits per heavy atom. The summed E-state index contributed by atoms with van der Waals surface area (Å²) in [6, 6.07) is 7.49. The molecule has 1 atom stereocenters. The van der Waals surface area contributed by atoms with E-state index in [1.807, 2.05) is 31.2 Å². The van der Waals surface area contributed by atoms with Gasteiger partial charge in [0.25, 0.3) is 5.56 Å². The Morgan fingerprint density at radius 3 is 2.70 bits per heavy atom. The molecule has 1 aromatic heterocycles. The first-order valence-corrected chi connectivity index (χ1v) is 7.57. The number of halogens is 1. The van der Waals surface area contributed by atoms with Gasteiger partial charge in [0.2, 0.25) is 0 Å². The summed E-state index contributed by atoms with van der Waals surface area (Å²) in [5.74, 6) is 0.684.